The Kier molecular flexibility index (Phi) is 5.37. The molecule has 0 aliphatic carbocycles. The van der Waals surface area contributed by atoms with Gasteiger partial charge in [0.15, 0.2) is 0 Å². The molecule has 0 spiro atoms. The fourth-order valence-corrected chi connectivity index (χ4v) is 2.74. The molecule has 0 saturated carbocycles. The average molecular weight is 349 g/mol. The molecule has 1 aromatic carbocycles. The molecule has 1 unspecified atom stereocenters. The van der Waals surface area contributed by atoms with Gasteiger partial charge in [-0.1, -0.05) is 35.0 Å². The molecule has 0 fully saturated rings. The van der Waals surface area contributed by atoms with Crippen molar-refractivity contribution in [1.29, 1.82) is 0 Å². The Hall–Kier alpha value is -1.39. The molecule has 1 aromatic heterocycles. The second-order valence-electron chi connectivity index (χ2n) is 5.05. The number of rotatable bonds is 5. The molecule has 1 heterocycles. The normalized spacial score (nSPS) is 12.2. The SMILES string of the molecule is CCNC(c1cc(C)c(Br)c(C)c1)c1ncccc1OC. The van der Waals surface area contributed by atoms with E-state index in [1.807, 2.05) is 12.1 Å². The van der Waals surface area contributed by atoms with Crippen LogP contribution >= 0.6 is 15.9 Å². The number of aryl methyl sites for hydroxylation is 2. The minimum atomic E-state index is 0.0247. The lowest BCUT2D eigenvalue weighted by atomic mass is 9.98. The molecule has 2 aromatic rings. The predicted octanol–water partition coefficient (Wildman–Crippen LogP) is 4.17. The third kappa shape index (κ3) is 3.44. The lowest BCUT2D eigenvalue weighted by Crippen LogP contribution is -2.23. The Morgan fingerprint density at radius 2 is 1.95 bits per heavy atom. The molecule has 0 aliphatic heterocycles. The fourth-order valence-electron chi connectivity index (χ4n) is 2.51. The van der Waals surface area contributed by atoms with Crippen molar-refractivity contribution in [2.45, 2.75) is 26.8 Å². The zero-order valence-electron chi connectivity index (χ0n) is 12.9. The first-order chi connectivity index (χ1) is 10.1. The lowest BCUT2D eigenvalue weighted by Gasteiger charge is -2.21. The molecule has 0 amide bonds. The number of benzene rings is 1. The van der Waals surface area contributed by atoms with Gasteiger partial charge in [0.05, 0.1) is 13.2 Å². The second-order valence-corrected chi connectivity index (χ2v) is 5.84. The van der Waals surface area contributed by atoms with Gasteiger partial charge in [-0.05, 0) is 49.2 Å². The number of halogens is 1. The van der Waals surface area contributed by atoms with E-state index in [9.17, 15) is 0 Å². The van der Waals surface area contributed by atoms with Crippen molar-refractivity contribution in [2.24, 2.45) is 0 Å². The van der Waals surface area contributed by atoms with Gasteiger partial charge in [-0.3, -0.25) is 4.98 Å². The van der Waals surface area contributed by atoms with Crippen LogP contribution in [0, 0.1) is 13.8 Å². The summed E-state index contributed by atoms with van der Waals surface area (Å²) in [5, 5.41) is 3.51. The van der Waals surface area contributed by atoms with Crippen LogP contribution in [-0.4, -0.2) is 18.6 Å². The van der Waals surface area contributed by atoms with Crippen LogP contribution in [0.2, 0.25) is 0 Å². The fraction of sp³-hybridized carbons (Fsp3) is 0.353. The maximum absolute atomic E-state index is 5.47. The molecule has 1 atom stereocenters. The quantitative estimate of drug-likeness (QED) is 0.880. The van der Waals surface area contributed by atoms with Gasteiger partial charge in [0.25, 0.3) is 0 Å². The molecule has 4 heteroatoms. The van der Waals surface area contributed by atoms with E-state index in [-0.39, 0.29) is 6.04 Å². The number of pyridine rings is 1. The monoisotopic (exact) mass is 348 g/mol. The van der Waals surface area contributed by atoms with Gasteiger partial charge in [-0.25, -0.2) is 0 Å². The highest BCUT2D eigenvalue weighted by Gasteiger charge is 2.20. The molecule has 1 N–H and O–H groups in total. The van der Waals surface area contributed by atoms with Crippen LogP contribution in [0.5, 0.6) is 5.75 Å². The van der Waals surface area contributed by atoms with E-state index in [1.54, 1.807) is 13.3 Å². The van der Waals surface area contributed by atoms with Crippen molar-refractivity contribution >= 4 is 15.9 Å². The second kappa shape index (κ2) is 7.05. The number of hydrogen-bond acceptors (Lipinski definition) is 3. The van der Waals surface area contributed by atoms with Crippen LogP contribution in [0.1, 0.15) is 35.3 Å². The summed E-state index contributed by atoms with van der Waals surface area (Å²) >= 11 is 3.63. The summed E-state index contributed by atoms with van der Waals surface area (Å²) in [6.07, 6.45) is 1.81. The summed E-state index contributed by atoms with van der Waals surface area (Å²) in [5.41, 5.74) is 4.57. The van der Waals surface area contributed by atoms with E-state index in [0.717, 1.165) is 22.5 Å². The van der Waals surface area contributed by atoms with Crippen LogP contribution in [-0.2, 0) is 0 Å². The number of hydrogen-bond donors (Lipinski definition) is 1. The molecule has 3 nitrogen and oxygen atoms in total. The van der Waals surface area contributed by atoms with Gasteiger partial charge in [0.2, 0.25) is 0 Å². The number of nitrogens with zero attached hydrogens (tertiary/aromatic N) is 1. The van der Waals surface area contributed by atoms with Crippen LogP contribution < -0.4 is 10.1 Å². The highest BCUT2D eigenvalue weighted by atomic mass is 79.9. The Bertz CT molecular complexity index is 605. The average Bonchev–Trinajstić information content (AvgIpc) is 2.49. The topological polar surface area (TPSA) is 34.2 Å². The van der Waals surface area contributed by atoms with E-state index in [2.05, 4.69) is 59.1 Å². The van der Waals surface area contributed by atoms with Crippen LogP contribution in [0.25, 0.3) is 0 Å². The van der Waals surface area contributed by atoms with E-state index in [4.69, 9.17) is 4.74 Å². The van der Waals surface area contributed by atoms with Crippen molar-refractivity contribution in [3.63, 3.8) is 0 Å². The third-order valence-electron chi connectivity index (χ3n) is 3.49. The largest absolute Gasteiger partial charge is 0.495 e. The first-order valence-electron chi connectivity index (χ1n) is 7.07. The van der Waals surface area contributed by atoms with E-state index < -0.39 is 0 Å². The van der Waals surface area contributed by atoms with Crippen LogP contribution in [0.3, 0.4) is 0 Å². The molecular formula is C17H21BrN2O. The molecular weight excluding hydrogens is 328 g/mol. The highest BCUT2D eigenvalue weighted by Crippen LogP contribution is 2.31. The van der Waals surface area contributed by atoms with E-state index in [1.165, 1.54) is 16.7 Å². The molecule has 112 valence electrons. The van der Waals surface area contributed by atoms with Crippen molar-refractivity contribution in [2.75, 3.05) is 13.7 Å². The number of methoxy groups -OCH3 is 1. The maximum Gasteiger partial charge on any atom is 0.142 e. The van der Waals surface area contributed by atoms with E-state index in [0.29, 0.717) is 0 Å². The van der Waals surface area contributed by atoms with Crippen LogP contribution in [0.15, 0.2) is 34.9 Å². The van der Waals surface area contributed by atoms with Gasteiger partial charge in [0.1, 0.15) is 11.4 Å². The van der Waals surface area contributed by atoms with Crippen molar-refractivity contribution < 1.29 is 4.74 Å². The van der Waals surface area contributed by atoms with Gasteiger partial charge < -0.3 is 10.1 Å². The molecule has 0 aliphatic rings. The smallest absolute Gasteiger partial charge is 0.142 e. The molecule has 0 radical (unpaired) electrons. The first-order valence-corrected chi connectivity index (χ1v) is 7.86. The Morgan fingerprint density at radius 1 is 1.29 bits per heavy atom. The summed E-state index contributed by atoms with van der Waals surface area (Å²) in [7, 11) is 1.68. The zero-order chi connectivity index (χ0) is 15.4. The highest BCUT2D eigenvalue weighted by molar-refractivity contribution is 9.10. The minimum absolute atomic E-state index is 0.0247. The maximum atomic E-state index is 5.47. The molecule has 0 saturated heterocycles. The summed E-state index contributed by atoms with van der Waals surface area (Å²) in [5.74, 6) is 0.807. The predicted molar refractivity (Wildman–Crippen MR) is 89.9 cm³/mol. The van der Waals surface area contributed by atoms with Crippen molar-refractivity contribution in [3.8, 4) is 5.75 Å². The summed E-state index contributed by atoms with van der Waals surface area (Å²) in [6.45, 7) is 7.18. The first kappa shape index (κ1) is 16.0. The zero-order valence-corrected chi connectivity index (χ0v) is 14.5. The standard InChI is InChI=1S/C17H21BrN2O/c1-5-19-16(17-14(21-4)7-6-8-20-17)13-9-11(2)15(18)12(3)10-13/h6-10,16,19H,5H2,1-4H3. The number of ether oxygens (including phenoxy) is 1. The van der Waals surface area contributed by atoms with Gasteiger partial charge >= 0.3 is 0 Å². The Morgan fingerprint density at radius 3 is 2.52 bits per heavy atom. The summed E-state index contributed by atoms with van der Waals surface area (Å²) < 4.78 is 6.63. The van der Waals surface area contributed by atoms with E-state index >= 15 is 0 Å². The summed E-state index contributed by atoms with van der Waals surface area (Å²) in [6, 6.07) is 8.25. The minimum Gasteiger partial charge on any atom is -0.495 e. The van der Waals surface area contributed by atoms with Crippen LogP contribution in [0.4, 0.5) is 0 Å². The third-order valence-corrected chi connectivity index (χ3v) is 4.74. The summed E-state index contributed by atoms with van der Waals surface area (Å²) in [4.78, 5) is 4.53. The lowest BCUT2D eigenvalue weighted by molar-refractivity contribution is 0.400. The van der Waals surface area contributed by atoms with Gasteiger partial charge in [0, 0.05) is 10.7 Å². The molecule has 21 heavy (non-hydrogen) atoms. The van der Waals surface area contributed by atoms with Crippen molar-refractivity contribution in [3.05, 3.63) is 57.3 Å². The van der Waals surface area contributed by atoms with Crippen molar-refractivity contribution in [1.82, 2.24) is 10.3 Å². The molecule has 0 bridgehead atoms. The Balaban J connectivity index is 2.53. The number of nitrogens with one attached hydrogen (secondary N) is 1. The number of aromatic nitrogens is 1. The van der Waals surface area contributed by atoms with Gasteiger partial charge in [-0.2, -0.15) is 0 Å². The van der Waals surface area contributed by atoms with Gasteiger partial charge in [-0.15, -0.1) is 0 Å². The molecule has 2 rings (SSSR count). The Labute approximate surface area is 134 Å².